The van der Waals surface area contributed by atoms with E-state index in [2.05, 4.69) is 44.5 Å². The lowest BCUT2D eigenvalue weighted by atomic mass is 9.87. The van der Waals surface area contributed by atoms with Crippen LogP contribution in [-0.4, -0.2) is 72.7 Å². The van der Waals surface area contributed by atoms with E-state index in [1.807, 2.05) is 6.07 Å². The van der Waals surface area contributed by atoms with Gasteiger partial charge in [0.05, 0.1) is 49.7 Å². The fraction of sp³-hybridized carbons (Fsp3) is 0.409. The van der Waals surface area contributed by atoms with E-state index in [1.54, 1.807) is 12.4 Å². The molecule has 1 aromatic carbocycles. The molecule has 30 heavy (non-hydrogen) atoms. The molecule has 8 nitrogen and oxygen atoms in total. The van der Waals surface area contributed by atoms with Crippen LogP contribution in [-0.2, 0) is 9.47 Å². The molecule has 0 amide bonds. The molecule has 0 bridgehead atoms. The van der Waals surface area contributed by atoms with Gasteiger partial charge in [0.25, 0.3) is 0 Å². The first-order valence-corrected chi connectivity index (χ1v) is 10.2. The minimum absolute atomic E-state index is 0.0757. The van der Waals surface area contributed by atoms with Crippen molar-refractivity contribution in [3.05, 3.63) is 42.7 Å². The molecule has 3 aromatic rings. The maximum Gasteiger partial charge on any atom is 0.154 e. The number of nitrogens with one attached hydrogen (secondary N) is 1. The number of aliphatic hydroxyl groups excluding tert-OH is 1. The molecular weight excluding hydrogens is 382 g/mol. The summed E-state index contributed by atoms with van der Waals surface area (Å²) >= 11 is 0. The quantitative estimate of drug-likeness (QED) is 0.641. The standard InChI is InChI=1S/C22H25N5O3/c28-13-22(14-30-15-22)12-25-21-20-19(23-5-6-24-20)11-18(26-21)16-1-3-17(4-2-16)27-7-9-29-10-8-27/h1-6,11,28H,7-10,12-15H2,(H,25,26). The molecule has 156 valence electrons. The smallest absolute Gasteiger partial charge is 0.154 e. The van der Waals surface area contributed by atoms with Gasteiger partial charge in [-0.15, -0.1) is 0 Å². The van der Waals surface area contributed by atoms with E-state index >= 15 is 0 Å². The summed E-state index contributed by atoms with van der Waals surface area (Å²) in [5.74, 6) is 0.674. The fourth-order valence-electron chi connectivity index (χ4n) is 3.82. The SMILES string of the molecule is OCC1(CNc2nc(-c3ccc(N4CCOCC4)cc3)cc3nccnc23)COC1. The van der Waals surface area contributed by atoms with Gasteiger partial charge >= 0.3 is 0 Å². The molecule has 0 atom stereocenters. The number of hydrogen-bond donors (Lipinski definition) is 2. The molecule has 2 aromatic heterocycles. The zero-order chi connectivity index (χ0) is 20.4. The maximum atomic E-state index is 9.71. The number of aromatic nitrogens is 3. The van der Waals surface area contributed by atoms with Crippen LogP contribution in [0.2, 0.25) is 0 Å². The monoisotopic (exact) mass is 407 g/mol. The van der Waals surface area contributed by atoms with Crippen LogP contribution in [0.4, 0.5) is 11.5 Å². The Balaban J connectivity index is 1.44. The molecule has 0 radical (unpaired) electrons. The number of pyridine rings is 1. The lowest BCUT2D eigenvalue weighted by Crippen LogP contribution is -2.50. The van der Waals surface area contributed by atoms with Crippen molar-refractivity contribution in [2.75, 3.05) is 62.9 Å². The van der Waals surface area contributed by atoms with Gasteiger partial charge in [-0.05, 0) is 18.2 Å². The molecule has 2 fully saturated rings. The van der Waals surface area contributed by atoms with E-state index < -0.39 is 0 Å². The molecule has 5 rings (SSSR count). The van der Waals surface area contributed by atoms with Gasteiger partial charge in [-0.2, -0.15) is 0 Å². The van der Waals surface area contributed by atoms with Crippen molar-refractivity contribution in [3.8, 4) is 11.3 Å². The highest BCUT2D eigenvalue weighted by molar-refractivity contribution is 5.88. The number of nitrogens with zero attached hydrogens (tertiary/aromatic N) is 4. The second-order valence-electron chi connectivity index (χ2n) is 7.93. The second-order valence-corrected chi connectivity index (χ2v) is 7.93. The number of hydrogen-bond acceptors (Lipinski definition) is 8. The third-order valence-corrected chi connectivity index (χ3v) is 5.78. The van der Waals surface area contributed by atoms with E-state index in [-0.39, 0.29) is 12.0 Å². The molecule has 2 saturated heterocycles. The number of morpholine rings is 1. The minimum atomic E-state index is -0.258. The van der Waals surface area contributed by atoms with Gasteiger partial charge in [0, 0.05) is 43.3 Å². The van der Waals surface area contributed by atoms with Crippen molar-refractivity contribution in [2.24, 2.45) is 5.41 Å². The number of benzene rings is 1. The topological polar surface area (TPSA) is 92.6 Å². The first-order chi connectivity index (χ1) is 14.8. The van der Waals surface area contributed by atoms with Crippen molar-refractivity contribution in [3.63, 3.8) is 0 Å². The summed E-state index contributed by atoms with van der Waals surface area (Å²) < 4.78 is 10.7. The molecule has 8 heteroatoms. The Bertz CT molecular complexity index is 1010. The van der Waals surface area contributed by atoms with Crippen LogP contribution in [0.5, 0.6) is 0 Å². The van der Waals surface area contributed by atoms with Gasteiger partial charge in [-0.25, -0.2) is 9.97 Å². The number of ether oxygens (including phenoxy) is 2. The molecule has 2 aliphatic rings. The van der Waals surface area contributed by atoms with E-state index in [1.165, 1.54) is 5.69 Å². The van der Waals surface area contributed by atoms with E-state index in [0.29, 0.717) is 25.6 Å². The Morgan fingerprint density at radius 3 is 2.50 bits per heavy atom. The van der Waals surface area contributed by atoms with Gasteiger partial charge in [0.2, 0.25) is 0 Å². The molecule has 0 spiro atoms. The van der Waals surface area contributed by atoms with Gasteiger partial charge < -0.3 is 24.8 Å². The third kappa shape index (κ3) is 3.69. The Labute approximate surface area is 174 Å². The first-order valence-electron chi connectivity index (χ1n) is 10.2. The molecule has 2 N–H and O–H groups in total. The summed E-state index contributed by atoms with van der Waals surface area (Å²) in [6.45, 7) is 5.09. The lowest BCUT2D eigenvalue weighted by molar-refractivity contribution is -0.128. The molecule has 0 saturated carbocycles. The van der Waals surface area contributed by atoms with Gasteiger partial charge in [-0.3, -0.25) is 4.98 Å². The van der Waals surface area contributed by atoms with Crippen LogP contribution in [0.1, 0.15) is 0 Å². The normalized spacial score (nSPS) is 18.2. The Morgan fingerprint density at radius 1 is 1.03 bits per heavy atom. The molecule has 0 aliphatic carbocycles. The first kappa shape index (κ1) is 19.2. The highest BCUT2D eigenvalue weighted by Crippen LogP contribution is 2.30. The summed E-state index contributed by atoms with van der Waals surface area (Å²) in [5.41, 5.74) is 4.29. The summed E-state index contributed by atoms with van der Waals surface area (Å²) in [6.07, 6.45) is 3.35. The highest BCUT2D eigenvalue weighted by Gasteiger charge is 2.38. The number of rotatable bonds is 6. The summed E-state index contributed by atoms with van der Waals surface area (Å²) in [5, 5.41) is 13.1. The van der Waals surface area contributed by atoms with Crippen molar-refractivity contribution in [1.29, 1.82) is 0 Å². The molecule has 0 unspecified atom stereocenters. The zero-order valence-electron chi connectivity index (χ0n) is 16.8. The Kier molecular flexibility index (Phi) is 5.20. The van der Waals surface area contributed by atoms with Crippen molar-refractivity contribution in [1.82, 2.24) is 15.0 Å². The van der Waals surface area contributed by atoms with Crippen LogP contribution < -0.4 is 10.2 Å². The van der Waals surface area contributed by atoms with Crippen LogP contribution in [0.15, 0.2) is 42.7 Å². The van der Waals surface area contributed by atoms with E-state index in [0.717, 1.165) is 48.6 Å². The van der Waals surface area contributed by atoms with Crippen LogP contribution >= 0.6 is 0 Å². The van der Waals surface area contributed by atoms with E-state index in [9.17, 15) is 5.11 Å². The minimum Gasteiger partial charge on any atom is -0.396 e. The summed E-state index contributed by atoms with van der Waals surface area (Å²) in [6, 6.07) is 10.4. The van der Waals surface area contributed by atoms with Crippen molar-refractivity contribution in [2.45, 2.75) is 0 Å². The maximum absolute atomic E-state index is 9.71. The highest BCUT2D eigenvalue weighted by atomic mass is 16.5. The average Bonchev–Trinajstić information content (AvgIpc) is 2.79. The number of anilines is 2. The zero-order valence-corrected chi connectivity index (χ0v) is 16.8. The largest absolute Gasteiger partial charge is 0.396 e. The average molecular weight is 407 g/mol. The molecule has 4 heterocycles. The molecule has 2 aliphatic heterocycles. The van der Waals surface area contributed by atoms with Crippen LogP contribution in [0.25, 0.3) is 22.3 Å². The van der Waals surface area contributed by atoms with Crippen molar-refractivity contribution >= 4 is 22.5 Å². The predicted molar refractivity (Wildman–Crippen MR) is 115 cm³/mol. The van der Waals surface area contributed by atoms with Gasteiger partial charge in [0.15, 0.2) is 5.82 Å². The number of fused-ring (bicyclic) bond motifs is 1. The lowest BCUT2D eigenvalue weighted by Gasteiger charge is -2.40. The van der Waals surface area contributed by atoms with Crippen molar-refractivity contribution < 1.29 is 14.6 Å². The van der Waals surface area contributed by atoms with Crippen LogP contribution in [0.3, 0.4) is 0 Å². The van der Waals surface area contributed by atoms with Gasteiger partial charge in [-0.1, -0.05) is 12.1 Å². The Hall–Kier alpha value is -2.81. The summed E-state index contributed by atoms with van der Waals surface area (Å²) in [7, 11) is 0. The van der Waals surface area contributed by atoms with E-state index in [4.69, 9.17) is 14.5 Å². The molecular formula is C22H25N5O3. The number of aliphatic hydroxyl groups is 1. The predicted octanol–water partition coefficient (Wildman–Crippen LogP) is 1.95. The summed E-state index contributed by atoms with van der Waals surface area (Å²) in [4.78, 5) is 16.1. The fourth-order valence-corrected chi connectivity index (χ4v) is 3.82. The second kappa shape index (κ2) is 8.14. The third-order valence-electron chi connectivity index (χ3n) is 5.78. The van der Waals surface area contributed by atoms with Crippen LogP contribution in [0, 0.1) is 5.41 Å². The Morgan fingerprint density at radius 2 is 1.80 bits per heavy atom. The van der Waals surface area contributed by atoms with Gasteiger partial charge in [0.1, 0.15) is 5.52 Å².